The van der Waals surface area contributed by atoms with E-state index in [1.54, 1.807) is 14.2 Å². The number of hydrogen-bond acceptors (Lipinski definition) is 4. The predicted octanol–water partition coefficient (Wildman–Crippen LogP) is 1.33. The first kappa shape index (κ1) is 15.7. The molecule has 20 heavy (non-hydrogen) atoms. The maximum atomic E-state index is 11.6. The fourth-order valence-electron chi connectivity index (χ4n) is 3.63. The topological polar surface area (TPSA) is 61.8 Å². The van der Waals surface area contributed by atoms with Crippen LogP contribution in [0.2, 0.25) is 0 Å². The van der Waals surface area contributed by atoms with E-state index in [1.807, 2.05) is 0 Å². The molecule has 2 rings (SSSR count). The van der Waals surface area contributed by atoms with Crippen LogP contribution >= 0.6 is 0 Å². The van der Waals surface area contributed by atoms with Crippen LogP contribution in [0.25, 0.3) is 0 Å². The van der Waals surface area contributed by atoms with Gasteiger partial charge in [-0.25, -0.2) is 0 Å². The molecular weight excluding hydrogens is 256 g/mol. The summed E-state index contributed by atoms with van der Waals surface area (Å²) >= 11 is 0. The van der Waals surface area contributed by atoms with Crippen LogP contribution in [0.4, 0.5) is 0 Å². The molecule has 2 saturated carbocycles. The van der Waals surface area contributed by atoms with Crippen molar-refractivity contribution in [3.8, 4) is 0 Å². The number of methoxy groups -OCH3 is 1. The molecular formula is C15H28N2O3. The van der Waals surface area contributed by atoms with Crippen molar-refractivity contribution in [2.75, 3.05) is 33.9 Å². The minimum Gasteiger partial charge on any atom is -0.480 e. The lowest BCUT2D eigenvalue weighted by atomic mass is 9.84. The molecule has 0 saturated heterocycles. The molecule has 2 fully saturated rings. The smallest absolute Gasteiger partial charge is 0.324 e. The Kier molecular flexibility index (Phi) is 5.41. The highest BCUT2D eigenvalue weighted by Crippen LogP contribution is 2.38. The van der Waals surface area contributed by atoms with E-state index >= 15 is 0 Å². The third-order valence-corrected chi connectivity index (χ3v) is 5.06. The summed E-state index contributed by atoms with van der Waals surface area (Å²) in [4.78, 5) is 14.1. The van der Waals surface area contributed by atoms with Gasteiger partial charge in [0, 0.05) is 19.7 Å². The molecule has 2 N–H and O–H groups in total. The van der Waals surface area contributed by atoms with Gasteiger partial charge >= 0.3 is 5.97 Å². The van der Waals surface area contributed by atoms with Crippen molar-refractivity contribution in [2.24, 2.45) is 5.92 Å². The Morgan fingerprint density at radius 1 is 1.40 bits per heavy atom. The Hall–Kier alpha value is -0.650. The van der Waals surface area contributed by atoms with Gasteiger partial charge in [0.1, 0.15) is 5.54 Å². The fraction of sp³-hybridized carbons (Fsp3) is 0.933. The van der Waals surface area contributed by atoms with Crippen LogP contribution < -0.4 is 5.32 Å². The lowest BCUT2D eigenvalue weighted by Crippen LogP contribution is -2.53. The average molecular weight is 284 g/mol. The number of carboxylic acids is 1. The first-order valence-electron chi connectivity index (χ1n) is 7.79. The van der Waals surface area contributed by atoms with Crippen LogP contribution in [-0.4, -0.2) is 61.4 Å². The van der Waals surface area contributed by atoms with E-state index in [9.17, 15) is 9.90 Å². The number of carboxylic acid groups (broad SMARTS) is 1. The quantitative estimate of drug-likeness (QED) is 0.669. The first-order chi connectivity index (χ1) is 9.64. The monoisotopic (exact) mass is 284 g/mol. The van der Waals surface area contributed by atoms with Gasteiger partial charge in [0.05, 0.1) is 6.61 Å². The van der Waals surface area contributed by atoms with Gasteiger partial charge in [-0.1, -0.05) is 6.42 Å². The lowest BCUT2D eigenvalue weighted by molar-refractivity contribution is -0.146. The standard InChI is InChI=1S/C15H28N2O3/c1-16-15(14(18)19)8-3-4-12(15)7-9-17(10-11-20-2)13-5-6-13/h12-13,16H,3-11H2,1-2H3,(H,18,19). The molecule has 2 aliphatic carbocycles. The molecule has 0 aromatic rings. The molecule has 0 spiro atoms. The number of ether oxygens (including phenoxy) is 1. The van der Waals surface area contributed by atoms with Crippen molar-refractivity contribution in [3.63, 3.8) is 0 Å². The van der Waals surface area contributed by atoms with Crippen LogP contribution in [-0.2, 0) is 9.53 Å². The van der Waals surface area contributed by atoms with Gasteiger partial charge in [0.15, 0.2) is 0 Å². The van der Waals surface area contributed by atoms with Gasteiger partial charge in [0.2, 0.25) is 0 Å². The van der Waals surface area contributed by atoms with E-state index < -0.39 is 11.5 Å². The highest BCUT2D eigenvalue weighted by molar-refractivity contribution is 5.79. The Morgan fingerprint density at radius 3 is 2.70 bits per heavy atom. The highest BCUT2D eigenvalue weighted by atomic mass is 16.5. The molecule has 5 heteroatoms. The van der Waals surface area contributed by atoms with E-state index in [2.05, 4.69) is 10.2 Å². The molecule has 2 unspecified atom stereocenters. The molecule has 0 aromatic heterocycles. The molecule has 0 radical (unpaired) electrons. The molecule has 0 amide bonds. The predicted molar refractivity (Wildman–Crippen MR) is 77.9 cm³/mol. The number of likely N-dealkylation sites (N-methyl/N-ethyl adjacent to an activating group) is 1. The number of nitrogens with zero attached hydrogens (tertiary/aromatic N) is 1. The molecule has 0 heterocycles. The van der Waals surface area contributed by atoms with Crippen LogP contribution in [0.1, 0.15) is 38.5 Å². The van der Waals surface area contributed by atoms with Crippen molar-refractivity contribution in [1.29, 1.82) is 0 Å². The number of carbonyl (C=O) groups is 1. The summed E-state index contributed by atoms with van der Waals surface area (Å²) in [7, 11) is 3.52. The molecule has 0 aromatic carbocycles. The Labute approximate surface area is 121 Å². The van der Waals surface area contributed by atoms with E-state index in [-0.39, 0.29) is 5.92 Å². The van der Waals surface area contributed by atoms with Crippen molar-refractivity contribution in [2.45, 2.75) is 50.1 Å². The van der Waals surface area contributed by atoms with E-state index in [4.69, 9.17) is 4.74 Å². The van der Waals surface area contributed by atoms with Gasteiger partial charge in [-0.2, -0.15) is 0 Å². The number of nitrogens with one attached hydrogen (secondary N) is 1. The highest BCUT2D eigenvalue weighted by Gasteiger charge is 2.48. The minimum absolute atomic E-state index is 0.244. The Bertz CT molecular complexity index is 333. The third-order valence-electron chi connectivity index (χ3n) is 5.06. The van der Waals surface area contributed by atoms with Crippen LogP contribution in [0.15, 0.2) is 0 Å². The maximum absolute atomic E-state index is 11.6. The Morgan fingerprint density at radius 2 is 2.15 bits per heavy atom. The van der Waals surface area contributed by atoms with Gasteiger partial charge in [-0.05, 0) is 51.6 Å². The normalized spacial score (nSPS) is 30.1. The van der Waals surface area contributed by atoms with Gasteiger partial charge in [0.25, 0.3) is 0 Å². The summed E-state index contributed by atoms with van der Waals surface area (Å²) in [6, 6.07) is 0.709. The third kappa shape index (κ3) is 3.32. The first-order valence-corrected chi connectivity index (χ1v) is 7.79. The molecule has 0 bridgehead atoms. The number of aliphatic carboxylic acids is 1. The second kappa shape index (κ2) is 6.87. The second-order valence-electron chi connectivity index (χ2n) is 6.16. The van der Waals surface area contributed by atoms with Crippen molar-refractivity contribution in [1.82, 2.24) is 10.2 Å². The number of hydrogen-bond donors (Lipinski definition) is 2. The fourth-order valence-corrected chi connectivity index (χ4v) is 3.63. The molecule has 0 aliphatic heterocycles. The van der Waals surface area contributed by atoms with Crippen molar-refractivity contribution in [3.05, 3.63) is 0 Å². The van der Waals surface area contributed by atoms with Gasteiger partial charge in [-0.15, -0.1) is 0 Å². The van der Waals surface area contributed by atoms with E-state index in [1.165, 1.54) is 12.8 Å². The minimum atomic E-state index is -0.698. The molecule has 5 nitrogen and oxygen atoms in total. The SMILES string of the molecule is CNC1(C(=O)O)CCCC1CCN(CCOC)C1CC1. The molecule has 2 aliphatic rings. The van der Waals surface area contributed by atoms with E-state index in [0.717, 1.165) is 45.4 Å². The zero-order chi connectivity index (χ0) is 14.6. The Balaban J connectivity index is 1.89. The number of rotatable bonds is 9. The summed E-state index contributed by atoms with van der Waals surface area (Å²) in [5.74, 6) is -0.439. The summed E-state index contributed by atoms with van der Waals surface area (Å²) < 4.78 is 5.17. The van der Waals surface area contributed by atoms with Gasteiger partial charge < -0.3 is 15.2 Å². The zero-order valence-corrected chi connectivity index (χ0v) is 12.7. The summed E-state index contributed by atoms with van der Waals surface area (Å²) in [6.07, 6.45) is 6.32. The van der Waals surface area contributed by atoms with Crippen molar-refractivity contribution >= 4 is 5.97 Å². The van der Waals surface area contributed by atoms with Crippen LogP contribution in [0, 0.1) is 5.92 Å². The maximum Gasteiger partial charge on any atom is 0.324 e. The van der Waals surface area contributed by atoms with E-state index in [0.29, 0.717) is 6.04 Å². The van der Waals surface area contributed by atoms with Crippen LogP contribution in [0.5, 0.6) is 0 Å². The van der Waals surface area contributed by atoms with Gasteiger partial charge in [-0.3, -0.25) is 9.69 Å². The second-order valence-corrected chi connectivity index (χ2v) is 6.16. The largest absolute Gasteiger partial charge is 0.480 e. The summed E-state index contributed by atoms with van der Waals surface area (Å²) in [5.41, 5.74) is -0.698. The molecule has 2 atom stereocenters. The summed E-state index contributed by atoms with van der Waals surface area (Å²) in [5, 5.41) is 12.7. The average Bonchev–Trinajstić information content (AvgIpc) is 3.18. The molecule has 116 valence electrons. The van der Waals surface area contributed by atoms with Crippen molar-refractivity contribution < 1.29 is 14.6 Å². The lowest BCUT2D eigenvalue weighted by Gasteiger charge is -2.32. The van der Waals surface area contributed by atoms with Crippen LogP contribution in [0.3, 0.4) is 0 Å². The zero-order valence-electron chi connectivity index (χ0n) is 12.7. The summed E-state index contributed by atoms with van der Waals surface area (Å²) in [6.45, 7) is 2.72.